The Morgan fingerprint density at radius 2 is 2.09 bits per heavy atom. The van der Waals surface area contributed by atoms with E-state index in [9.17, 15) is 13.2 Å². The SMILES string of the molecule is CCC(C)N(C)C(=O)c1cc(S(=O)(=O)N2CCOCC2)c[nH]1. The number of H-pyrrole nitrogens is 1. The molecule has 0 radical (unpaired) electrons. The van der Waals surface area contributed by atoms with Crippen LogP contribution in [0.15, 0.2) is 17.2 Å². The van der Waals surface area contributed by atoms with Gasteiger partial charge in [-0.3, -0.25) is 4.79 Å². The van der Waals surface area contributed by atoms with Crippen molar-refractivity contribution in [1.29, 1.82) is 0 Å². The van der Waals surface area contributed by atoms with Crippen LogP contribution in [0.5, 0.6) is 0 Å². The molecule has 8 heteroatoms. The Labute approximate surface area is 131 Å². The van der Waals surface area contributed by atoms with Gasteiger partial charge in [0.25, 0.3) is 5.91 Å². The Morgan fingerprint density at radius 3 is 2.68 bits per heavy atom. The van der Waals surface area contributed by atoms with Crippen LogP contribution in [-0.2, 0) is 14.8 Å². The van der Waals surface area contributed by atoms with Gasteiger partial charge < -0.3 is 14.6 Å². The molecule has 1 fully saturated rings. The summed E-state index contributed by atoms with van der Waals surface area (Å²) in [5, 5.41) is 0. The third-order valence-electron chi connectivity index (χ3n) is 4.07. The molecule has 1 saturated heterocycles. The Morgan fingerprint density at radius 1 is 1.45 bits per heavy atom. The van der Waals surface area contributed by atoms with Crippen LogP contribution in [0, 0.1) is 0 Å². The van der Waals surface area contributed by atoms with Gasteiger partial charge in [0.05, 0.1) is 13.2 Å². The summed E-state index contributed by atoms with van der Waals surface area (Å²) in [6.07, 6.45) is 2.21. The van der Waals surface area contributed by atoms with Crippen LogP contribution in [0.3, 0.4) is 0 Å². The van der Waals surface area contributed by atoms with E-state index in [4.69, 9.17) is 4.74 Å². The van der Waals surface area contributed by atoms with Crippen molar-refractivity contribution < 1.29 is 17.9 Å². The molecule has 1 amide bonds. The second-order valence-corrected chi connectivity index (χ2v) is 7.38. The number of amides is 1. The normalized spacial score (nSPS) is 18.1. The lowest BCUT2D eigenvalue weighted by molar-refractivity contribution is 0.0729. The molecule has 1 N–H and O–H groups in total. The van der Waals surface area contributed by atoms with Crippen LogP contribution in [0.4, 0.5) is 0 Å². The van der Waals surface area contributed by atoms with E-state index < -0.39 is 10.0 Å². The van der Waals surface area contributed by atoms with Crippen molar-refractivity contribution in [3.05, 3.63) is 18.0 Å². The number of aromatic nitrogens is 1. The smallest absolute Gasteiger partial charge is 0.270 e. The minimum Gasteiger partial charge on any atom is -0.379 e. The molecule has 0 aromatic carbocycles. The highest BCUT2D eigenvalue weighted by Gasteiger charge is 2.28. The molecule has 1 aliphatic heterocycles. The Balaban J connectivity index is 2.18. The first-order valence-electron chi connectivity index (χ1n) is 7.41. The lowest BCUT2D eigenvalue weighted by Crippen LogP contribution is -2.40. The van der Waals surface area contributed by atoms with E-state index in [0.29, 0.717) is 26.3 Å². The van der Waals surface area contributed by atoms with E-state index in [-0.39, 0.29) is 22.5 Å². The predicted molar refractivity (Wildman–Crippen MR) is 82.2 cm³/mol. The molecule has 1 aromatic rings. The van der Waals surface area contributed by atoms with E-state index in [0.717, 1.165) is 6.42 Å². The van der Waals surface area contributed by atoms with Crippen LogP contribution < -0.4 is 0 Å². The first-order chi connectivity index (χ1) is 10.4. The molecule has 1 atom stereocenters. The molecule has 0 saturated carbocycles. The zero-order valence-corrected chi connectivity index (χ0v) is 14.0. The van der Waals surface area contributed by atoms with Crippen molar-refractivity contribution in [1.82, 2.24) is 14.2 Å². The summed E-state index contributed by atoms with van der Waals surface area (Å²) in [6.45, 7) is 5.41. The first-order valence-corrected chi connectivity index (χ1v) is 8.85. The average Bonchev–Trinajstić information content (AvgIpc) is 3.04. The molecule has 1 aromatic heterocycles. The van der Waals surface area contributed by atoms with Gasteiger partial charge in [0, 0.05) is 32.4 Å². The van der Waals surface area contributed by atoms with Crippen LogP contribution in [0.25, 0.3) is 0 Å². The molecule has 2 rings (SSSR count). The predicted octanol–water partition coefficient (Wildman–Crippen LogP) is 0.906. The highest BCUT2D eigenvalue weighted by atomic mass is 32.2. The van der Waals surface area contributed by atoms with Gasteiger partial charge >= 0.3 is 0 Å². The molecule has 0 bridgehead atoms. The Bertz CT molecular complexity index is 620. The van der Waals surface area contributed by atoms with Gasteiger partial charge in [0.15, 0.2) is 0 Å². The third kappa shape index (κ3) is 3.34. The molecule has 0 aliphatic carbocycles. The van der Waals surface area contributed by atoms with Crippen molar-refractivity contribution in [2.24, 2.45) is 0 Å². The largest absolute Gasteiger partial charge is 0.379 e. The quantitative estimate of drug-likeness (QED) is 0.870. The molecular weight excluding hydrogens is 306 g/mol. The molecule has 124 valence electrons. The zero-order chi connectivity index (χ0) is 16.3. The van der Waals surface area contributed by atoms with Crippen molar-refractivity contribution in [3.63, 3.8) is 0 Å². The van der Waals surface area contributed by atoms with Crippen LogP contribution >= 0.6 is 0 Å². The standard InChI is InChI=1S/C14H23N3O4S/c1-4-11(2)16(3)14(18)13-9-12(10-15-13)22(19,20)17-5-7-21-8-6-17/h9-11,15H,4-8H2,1-3H3. The summed E-state index contributed by atoms with van der Waals surface area (Å²) >= 11 is 0. The maximum atomic E-state index is 12.5. The van der Waals surface area contributed by atoms with Crippen molar-refractivity contribution in [2.45, 2.75) is 31.2 Å². The third-order valence-corrected chi connectivity index (χ3v) is 5.94. The van der Waals surface area contributed by atoms with Crippen molar-refractivity contribution in [3.8, 4) is 0 Å². The highest BCUT2D eigenvalue weighted by molar-refractivity contribution is 7.89. The number of sulfonamides is 1. The molecule has 1 unspecified atom stereocenters. The number of aromatic amines is 1. The summed E-state index contributed by atoms with van der Waals surface area (Å²) < 4.78 is 31.6. The fourth-order valence-electron chi connectivity index (χ4n) is 2.25. The van der Waals surface area contributed by atoms with E-state index >= 15 is 0 Å². The summed E-state index contributed by atoms with van der Waals surface area (Å²) in [4.78, 5) is 16.8. The molecule has 7 nitrogen and oxygen atoms in total. The van der Waals surface area contributed by atoms with Gasteiger partial charge in [-0.15, -0.1) is 0 Å². The fourth-order valence-corrected chi connectivity index (χ4v) is 3.65. The first kappa shape index (κ1) is 17.0. The number of carbonyl (C=O) groups excluding carboxylic acids is 1. The Kier molecular flexibility index (Phi) is 5.25. The molecule has 1 aliphatic rings. The second kappa shape index (κ2) is 6.80. The lowest BCUT2D eigenvalue weighted by Gasteiger charge is -2.25. The number of hydrogen-bond acceptors (Lipinski definition) is 4. The summed E-state index contributed by atoms with van der Waals surface area (Å²) in [5.41, 5.74) is 0.287. The van der Waals surface area contributed by atoms with Gasteiger partial charge in [0.1, 0.15) is 10.6 Å². The fraction of sp³-hybridized carbons (Fsp3) is 0.643. The number of rotatable bonds is 5. The van der Waals surface area contributed by atoms with E-state index in [1.54, 1.807) is 11.9 Å². The summed E-state index contributed by atoms with van der Waals surface area (Å²) in [5.74, 6) is -0.210. The molecular formula is C14H23N3O4S. The van der Waals surface area contributed by atoms with Gasteiger partial charge in [0.2, 0.25) is 10.0 Å². The number of carbonyl (C=O) groups is 1. The summed E-state index contributed by atoms with van der Waals surface area (Å²) in [6, 6.07) is 1.50. The van der Waals surface area contributed by atoms with Gasteiger partial charge in [-0.1, -0.05) is 6.92 Å². The average molecular weight is 329 g/mol. The van der Waals surface area contributed by atoms with Gasteiger partial charge in [-0.2, -0.15) is 4.31 Å². The van der Waals surface area contributed by atoms with Gasteiger partial charge in [-0.25, -0.2) is 8.42 Å². The topological polar surface area (TPSA) is 82.7 Å². The lowest BCUT2D eigenvalue weighted by atomic mass is 10.2. The highest BCUT2D eigenvalue weighted by Crippen LogP contribution is 2.19. The van der Waals surface area contributed by atoms with Gasteiger partial charge in [-0.05, 0) is 19.4 Å². The maximum Gasteiger partial charge on any atom is 0.270 e. The molecule has 2 heterocycles. The Hall–Kier alpha value is -1.38. The second-order valence-electron chi connectivity index (χ2n) is 5.44. The summed E-state index contributed by atoms with van der Waals surface area (Å²) in [7, 11) is -1.86. The van der Waals surface area contributed by atoms with E-state index in [2.05, 4.69) is 4.98 Å². The minimum absolute atomic E-state index is 0.0927. The van der Waals surface area contributed by atoms with E-state index in [1.807, 2.05) is 13.8 Å². The number of nitrogens with zero attached hydrogens (tertiary/aromatic N) is 2. The van der Waals surface area contributed by atoms with Crippen LogP contribution in [-0.4, -0.2) is 67.9 Å². The van der Waals surface area contributed by atoms with Crippen molar-refractivity contribution >= 4 is 15.9 Å². The number of nitrogens with one attached hydrogen (secondary N) is 1. The maximum absolute atomic E-state index is 12.5. The van der Waals surface area contributed by atoms with Crippen molar-refractivity contribution in [2.75, 3.05) is 33.4 Å². The monoisotopic (exact) mass is 329 g/mol. The minimum atomic E-state index is -3.57. The van der Waals surface area contributed by atoms with Crippen LogP contribution in [0.2, 0.25) is 0 Å². The van der Waals surface area contributed by atoms with Crippen LogP contribution in [0.1, 0.15) is 30.8 Å². The van der Waals surface area contributed by atoms with E-state index in [1.165, 1.54) is 16.6 Å². The zero-order valence-electron chi connectivity index (χ0n) is 13.2. The number of hydrogen-bond donors (Lipinski definition) is 1. The number of ether oxygens (including phenoxy) is 1. The number of morpholine rings is 1. The molecule has 22 heavy (non-hydrogen) atoms. The molecule has 0 spiro atoms.